The van der Waals surface area contributed by atoms with Crippen LogP contribution < -0.4 is 25.2 Å². The number of aromatic nitrogens is 1. The fourth-order valence-electron chi connectivity index (χ4n) is 6.18. The number of hydrogen-bond acceptors (Lipinski definition) is 10. The zero-order valence-corrected chi connectivity index (χ0v) is 22.3. The third-order valence-corrected chi connectivity index (χ3v) is 7.93. The topological polar surface area (TPSA) is 130 Å². The van der Waals surface area contributed by atoms with E-state index >= 15 is 0 Å². The molecule has 3 atom stereocenters. The molecule has 3 aromatic rings. The van der Waals surface area contributed by atoms with Gasteiger partial charge in [-0.25, -0.2) is 0 Å². The Bertz CT molecular complexity index is 1580. The Balaban J connectivity index is 1.34. The number of nitrogens with zero attached hydrogens (tertiary/aromatic N) is 2. The summed E-state index contributed by atoms with van der Waals surface area (Å²) < 4.78 is 29.5. The van der Waals surface area contributed by atoms with Crippen molar-refractivity contribution in [1.29, 1.82) is 0 Å². The van der Waals surface area contributed by atoms with Crippen molar-refractivity contribution in [2.24, 2.45) is 5.92 Å². The van der Waals surface area contributed by atoms with E-state index in [4.69, 9.17) is 23.4 Å². The molecule has 1 N–H and O–H groups in total. The van der Waals surface area contributed by atoms with Crippen molar-refractivity contribution in [2.45, 2.75) is 37.8 Å². The van der Waals surface area contributed by atoms with E-state index in [1.807, 2.05) is 10.6 Å². The standard InChI is InChI=1S/C29H30N2O9/c1-36-23-7-17(8-24-29(23)39-15-38-24)20(10-26(34)37-2)28-27(35)22(32)9-19(40-28)14-30-11-16-6-18(13-30)21-4-3-5-25(33)31(21)12-16/h3-5,7-9,16,18,20,35H,6,10-15H2,1-2H3/t16-,18+,20-/m1/s1. The Hall–Kier alpha value is -4.25. The van der Waals surface area contributed by atoms with Crippen molar-refractivity contribution in [1.82, 2.24) is 9.47 Å². The molecule has 0 saturated carbocycles. The monoisotopic (exact) mass is 550 g/mol. The van der Waals surface area contributed by atoms with Crippen LogP contribution in [0.1, 0.15) is 47.5 Å². The van der Waals surface area contributed by atoms with E-state index in [0.717, 1.165) is 18.7 Å². The third kappa shape index (κ3) is 4.70. The molecular formula is C29H30N2O9. The normalized spacial score (nSPS) is 20.1. The minimum absolute atomic E-state index is 0.0174. The summed E-state index contributed by atoms with van der Waals surface area (Å²) in [6.45, 7) is 2.44. The number of esters is 1. The highest BCUT2D eigenvalue weighted by molar-refractivity contribution is 5.71. The second-order valence-electron chi connectivity index (χ2n) is 10.5. The van der Waals surface area contributed by atoms with Gasteiger partial charge >= 0.3 is 5.97 Å². The van der Waals surface area contributed by atoms with Crippen LogP contribution in [0.2, 0.25) is 0 Å². The summed E-state index contributed by atoms with van der Waals surface area (Å²) in [6.07, 6.45) is 0.802. The molecule has 3 aliphatic rings. The van der Waals surface area contributed by atoms with Gasteiger partial charge in [-0.1, -0.05) is 6.07 Å². The lowest BCUT2D eigenvalue weighted by Gasteiger charge is -2.42. The molecule has 0 radical (unpaired) electrons. The van der Waals surface area contributed by atoms with Crippen LogP contribution in [0.4, 0.5) is 0 Å². The number of aromatic hydroxyl groups is 1. The van der Waals surface area contributed by atoms with E-state index < -0.39 is 23.1 Å². The molecule has 0 unspecified atom stereocenters. The molecule has 5 heterocycles. The maximum atomic E-state index is 12.9. The smallest absolute Gasteiger partial charge is 0.306 e. The van der Waals surface area contributed by atoms with E-state index in [9.17, 15) is 19.5 Å². The van der Waals surface area contributed by atoms with Gasteiger partial charge < -0.3 is 33.0 Å². The molecule has 40 heavy (non-hydrogen) atoms. The fraction of sp³-hybridized carbons (Fsp3) is 0.414. The first kappa shape index (κ1) is 26.0. The predicted molar refractivity (Wildman–Crippen MR) is 141 cm³/mol. The van der Waals surface area contributed by atoms with Crippen LogP contribution in [0.25, 0.3) is 0 Å². The number of pyridine rings is 1. The molecule has 0 aliphatic carbocycles. The molecule has 2 bridgehead atoms. The summed E-state index contributed by atoms with van der Waals surface area (Å²) in [4.78, 5) is 40.0. The largest absolute Gasteiger partial charge is 0.502 e. The maximum absolute atomic E-state index is 12.9. The Morgan fingerprint density at radius 3 is 2.77 bits per heavy atom. The highest BCUT2D eigenvalue weighted by Crippen LogP contribution is 2.46. The van der Waals surface area contributed by atoms with Crippen LogP contribution in [0.5, 0.6) is 23.0 Å². The van der Waals surface area contributed by atoms with Gasteiger partial charge in [-0.3, -0.25) is 19.3 Å². The predicted octanol–water partition coefficient (Wildman–Crippen LogP) is 2.56. The second-order valence-corrected chi connectivity index (χ2v) is 10.5. The molecular weight excluding hydrogens is 520 g/mol. The van der Waals surface area contributed by atoms with Gasteiger partial charge in [0, 0.05) is 43.4 Å². The van der Waals surface area contributed by atoms with Gasteiger partial charge in [-0.15, -0.1) is 0 Å². The molecule has 1 saturated heterocycles. The molecule has 0 spiro atoms. The van der Waals surface area contributed by atoms with Crippen molar-refractivity contribution < 1.29 is 33.3 Å². The molecule has 3 aliphatic heterocycles. The molecule has 1 fully saturated rings. The number of fused-ring (bicyclic) bond motifs is 5. The summed E-state index contributed by atoms with van der Waals surface area (Å²) in [5.74, 6) is 0.0721. The average molecular weight is 551 g/mol. The number of piperidine rings is 1. The lowest BCUT2D eigenvalue weighted by Crippen LogP contribution is -2.46. The van der Waals surface area contributed by atoms with Gasteiger partial charge in [0.1, 0.15) is 5.76 Å². The number of ether oxygens (including phenoxy) is 4. The highest BCUT2D eigenvalue weighted by Gasteiger charge is 2.35. The lowest BCUT2D eigenvalue weighted by atomic mass is 9.83. The van der Waals surface area contributed by atoms with Crippen molar-refractivity contribution in [2.75, 3.05) is 34.1 Å². The van der Waals surface area contributed by atoms with E-state index in [0.29, 0.717) is 54.1 Å². The number of carbonyl (C=O) groups excluding carboxylic acids is 1. The summed E-state index contributed by atoms with van der Waals surface area (Å²) in [5.41, 5.74) is 0.965. The summed E-state index contributed by atoms with van der Waals surface area (Å²) in [7, 11) is 2.75. The summed E-state index contributed by atoms with van der Waals surface area (Å²) in [5, 5.41) is 10.8. The van der Waals surface area contributed by atoms with E-state index in [2.05, 4.69) is 4.90 Å². The van der Waals surface area contributed by atoms with E-state index in [1.54, 1.807) is 24.3 Å². The van der Waals surface area contributed by atoms with E-state index in [-0.39, 0.29) is 30.5 Å². The van der Waals surface area contributed by atoms with Crippen LogP contribution in [-0.4, -0.2) is 54.6 Å². The van der Waals surface area contributed by atoms with Crippen LogP contribution in [0.3, 0.4) is 0 Å². The number of likely N-dealkylation sites (tertiary alicyclic amines) is 1. The van der Waals surface area contributed by atoms with Crippen molar-refractivity contribution in [3.05, 3.63) is 79.8 Å². The zero-order chi connectivity index (χ0) is 28.0. The van der Waals surface area contributed by atoms with Crippen LogP contribution in [0.15, 0.2) is 50.4 Å². The number of benzene rings is 1. The van der Waals surface area contributed by atoms with Gasteiger partial charge in [0.25, 0.3) is 5.56 Å². The fourth-order valence-corrected chi connectivity index (χ4v) is 6.18. The first-order valence-corrected chi connectivity index (χ1v) is 13.2. The summed E-state index contributed by atoms with van der Waals surface area (Å²) >= 11 is 0. The first-order valence-electron chi connectivity index (χ1n) is 13.2. The second kappa shape index (κ2) is 10.4. The van der Waals surface area contributed by atoms with Crippen molar-refractivity contribution in [3.63, 3.8) is 0 Å². The highest BCUT2D eigenvalue weighted by atomic mass is 16.7. The molecule has 6 rings (SSSR count). The lowest BCUT2D eigenvalue weighted by molar-refractivity contribution is -0.140. The Morgan fingerprint density at radius 1 is 1.12 bits per heavy atom. The van der Waals surface area contributed by atoms with E-state index in [1.165, 1.54) is 20.3 Å². The summed E-state index contributed by atoms with van der Waals surface area (Å²) in [6, 6.07) is 10.0. The molecule has 2 aromatic heterocycles. The van der Waals surface area contributed by atoms with Gasteiger partial charge in [-0.05, 0) is 36.1 Å². The van der Waals surface area contributed by atoms with Gasteiger partial charge in [0.05, 0.1) is 33.1 Å². The van der Waals surface area contributed by atoms with Crippen LogP contribution >= 0.6 is 0 Å². The number of methoxy groups -OCH3 is 2. The average Bonchev–Trinajstić information content (AvgIpc) is 3.42. The van der Waals surface area contributed by atoms with Crippen molar-refractivity contribution in [3.8, 4) is 23.0 Å². The molecule has 0 amide bonds. The minimum atomic E-state index is -0.858. The SMILES string of the molecule is COC(=O)C[C@H](c1cc(OC)c2c(c1)OCO2)c1oc(CN2C[C@H]3C[C@@H](C2)c2cccc(=O)n2C3)cc(=O)c1O. The number of rotatable bonds is 7. The number of carbonyl (C=O) groups is 1. The Labute approximate surface area is 229 Å². The Morgan fingerprint density at radius 2 is 1.98 bits per heavy atom. The zero-order valence-electron chi connectivity index (χ0n) is 22.3. The molecule has 11 nitrogen and oxygen atoms in total. The number of hydrogen-bond donors (Lipinski definition) is 1. The van der Waals surface area contributed by atoms with Gasteiger partial charge in [0.15, 0.2) is 17.3 Å². The van der Waals surface area contributed by atoms with Crippen LogP contribution in [0, 0.1) is 5.92 Å². The first-order chi connectivity index (χ1) is 19.3. The minimum Gasteiger partial charge on any atom is -0.502 e. The third-order valence-electron chi connectivity index (χ3n) is 7.93. The van der Waals surface area contributed by atoms with Crippen LogP contribution in [-0.2, 0) is 22.6 Å². The maximum Gasteiger partial charge on any atom is 0.306 e. The quantitative estimate of drug-likeness (QED) is 0.438. The molecule has 1 aromatic carbocycles. The van der Waals surface area contributed by atoms with Crippen molar-refractivity contribution >= 4 is 5.97 Å². The molecule has 210 valence electrons. The van der Waals surface area contributed by atoms with Gasteiger partial charge in [-0.2, -0.15) is 0 Å². The molecule has 11 heteroatoms. The van der Waals surface area contributed by atoms with Gasteiger partial charge in [0.2, 0.25) is 23.7 Å². The Kier molecular flexibility index (Phi) is 6.75.